The quantitative estimate of drug-likeness (QED) is 0.696. The molecule has 88 valence electrons. The van der Waals surface area contributed by atoms with Gasteiger partial charge < -0.3 is 14.6 Å². The summed E-state index contributed by atoms with van der Waals surface area (Å²) in [5.74, 6) is -1.28. The summed E-state index contributed by atoms with van der Waals surface area (Å²) in [6.07, 6.45) is 3.37. The maximum absolute atomic E-state index is 10.9. The highest BCUT2D eigenvalue weighted by atomic mass is 16.5. The van der Waals surface area contributed by atoms with Crippen LogP contribution in [-0.2, 0) is 4.74 Å². The monoisotopic (exact) mass is 223 g/mol. The summed E-state index contributed by atoms with van der Waals surface area (Å²) in [5.41, 5.74) is 0.542. The molecule has 1 unspecified atom stereocenters. The Labute approximate surface area is 94.5 Å². The Morgan fingerprint density at radius 2 is 2.31 bits per heavy atom. The van der Waals surface area contributed by atoms with Crippen LogP contribution in [0, 0.1) is 0 Å². The highest BCUT2D eigenvalue weighted by molar-refractivity contribution is 5.86. The van der Waals surface area contributed by atoms with E-state index in [1.54, 1.807) is 0 Å². The van der Waals surface area contributed by atoms with Crippen molar-refractivity contribution in [1.82, 2.24) is 9.97 Å². The summed E-state index contributed by atoms with van der Waals surface area (Å²) in [6, 6.07) is 0. The molecule has 0 bridgehead atoms. The van der Waals surface area contributed by atoms with E-state index in [0.717, 1.165) is 6.42 Å². The lowest BCUT2D eigenvalue weighted by Gasteiger charge is -2.17. The fourth-order valence-electron chi connectivity index (χ4n) is 1.47. The van der Waals surface area contributed by atoms with Gasteiger partial charge >= 0.3 is 0 Å². The number of nitrogens with zero attached hydrogens (tertiary/aromatic N) is 2. The van der Waals surface area contributed by atoms with Crippen LogP contribution >= 0.6 is 0 Å². The molecule has 0 fully saturated rings. The van der Waals surface area contributed by atoms with Gasteiger partial charge in [0, 0.05) is 24.3 Å². The first-order chi connectivity index (χ1) is 7.70. The van der Waals surface area contributed by atoms with E-state index in [1.165, 1.54) is 12.5 Å². The highest BCUT2D eigenvalue weighted by Gasteiger charge is 2.16. The molecular weight excluding hydrogens is 208 g/mol. The van der Waals surface area contributed by atoms with E-state index in [4.69, 9.17) is 4.74 Å². The van der Waals surface area contributed by atoms with Crippen LogP contribution < -0.4 is 5.11 Å². The molecule has 0 N–H and O–H groups in total. The van der Waals surface area contributed by atoms with Crippen molar-refractivity contribution in [1.29, 1.82) is 0 Å². The minimum Gasteiger partial charge on any atom is -0.545 e. The van der Waals surface area contributed by atoms with Crippen LogP contribution in [0.15, 0.2) is 12.5 Å². The Morgan fingerprint density at radius 3 is 2.88 bits per heavy atom. The van der Waals surface area contributed by atoms with E-state index in [2.05, 4.69) is 9.97 Å². The Balaban J connectivity index is 2.94. The molecule has 0 aliphatic rings. The molecule has 0 aliphatic carbocycles. The Bertz CT molecular complexity index is 355. The van der Waals surface area contributed by atoms with Crippen molar-refractivity contribution >= 4 is 5.97 Å². The summed E-state index contributed by atoms with van der Waals surface area (Å²) in [5, 5.41) is 10.9. The number of carbonyl (C=O) groups excluding carboxylic acids is 1. The molecule has 5 heteroatoms. The van der Waals surface area contributed by atoms with Gasteiger partial charge in [-0.1, -0.05) is 6.92 Å². The predicted molar refractivity (Wildman–Crippen MR) is 55.9 cm³/mol. The number of carboxylic acid groups (broad SMARTS) is 1. The van der Waals surface area contributed by atoms with Gasteiger partial charge in [0.2, 0.25) is 0 Å². The summed E-state index contributed by atoms with van der Waals surface area (Å²) in [4.78, 5) is 18.6. The summed E-state index contributed by atoms with van der Waals surface area (Å²) in [7, 11) is 0. The van der Waals surface area contributed by atoms with Crippen molar-refractivity contribution in [2.75, 3.05) is 13.2 Å². The summed E-state index contributed by atoms with van der Waals surface area (Å²) >= 11 is 0. The summed E-state index contributed by atoms with van der Waals surface area (Å²) in [6.45, 7) is 4.92. The van der Waals surface area contributed by atoms with Crippen molar-refractivity contribution in [2.45, 2.75) is 26.2 Å². The molecule has 1 atom stereocenters. The van der Waals surface area contributed by atoms with Gasteiger partial charge in [-0.25, -0.2) is 9.97 Å². The molecule has 5 nitrogen and oxygen atoms in total. The molecule has 0 radical (unpaired) electrons. The summed E-state index contributed by atoms with van der Waals surface area (Å²) < 4.78 is 5.30. The van der Waals surface area contributed by atoms with Crippen LogP contribution in [-0.4, -0.2) is 29.2 Å². The Morgan fingerprint density at radius 1 is 1.56 bits per heavy atom. The lowest BCUT2D eigenvalue weighted by atomic mass is 9.99. The number of aromatic carboxylic acids is 1. The van der Waals surface area contributed by atoms with Gasteiger partial charge in [0.1, 0.15) is 6.33 Å². The molecule has 0 saturated heterocycles. The molecule has 1 aromatic rings. The molecular formula is C11H15N2O3-. The van der Waals surface area contributed by atoms with Crippen molar-refractivity contribution in [3.05, 3.63) is 23.8 Å². The zero-order valence-corrected chi connectivity index (χ0v) is 9.47. The van der Waals surface area contributed by atoms with Crippen LogP contribution in [0.2, 0.25) is 0 Å². The van der Waals surface area contributed by atoms with Crippen LogP contribution in [0.4, 0.5) is 0 Å². The first-order valence-electron chi connectivity index (χ1n) is 5.29. The van der Waals surface area contributed by atoms with E-state index < -0.39 is 5.97 Å². The molecule has 0 spiro atoms. The Hall–Kier alpha value is -1.49. The Kier molecular flexibility index (Phi) is 4.85. The predicted octanol–water partition coefficient (Wildman–Crippen LogP) is 0.370. The number of ether oxygens (including phenoxy) is 1. The number of aromatic nitrogens is 2. The molecule has 0 amide bonds. The largest absolute Gasteiger partial charge is 0.545 e. The third-order valence-electron chi connectivity index (χ3n) is 2.37. The molecule has 1 rings (SSSR count). The zero-order chi connectivity index (χ0) is 12.0. The van der Waals surface area contributed by atoms with Crippen molar-refractivity contribution in [2.24, 2.45) is 0 Å². The van der Waals surface area contributed by atoms with Crippen LogP contribution in [0.3, 0.4) is 0 Å². The molecule has 0 saturated carbocycles. The average Bonchev–Trinajstić information content (AvgIpc) is 2.30. The van der Waals surface area contributed by atoms with Crippen molar-refractivity contribution in [3.8, 4) is 0 Å². The van der Waals surface area contributed by atoms with E-state index in [-0.39, 0.29) is 11.5 Å². The van der Waals surface area contributed by atoms with Crippen molar-refractivity contribution < 1.29 is 14.6 Å². The van der Waals surface area contributed by atoms with Gasteiger partial charge in [-0.2, -0.15) is 0 Å². The highest BCUT2D eigenvalue weighted by Crippen LogP contribution is 2.20. The van der Waals surface area contributed by atoms with Gasteiger partial charge in [0.15, 0.2) is 0 Å². The fraction of sp³-hybridized carbons (Fsp3) is 0.545. The standard InChI is InChI=1S/C11H16N2O3/c1-3-8(6-16-4-2)10-9(11(14)15)5-12-7-13-10/h5,7-8H,3-4,6H2,1-2H3,(H,14,15)/p-1. The molecule has 0 aromatic carbocycles. The maximum Gasteiger partial charge on any atom is 0.115 e. The first kappa shape index (κ1) is 12.6. The van der Waals surface area contributed by atoms with Crippen LogP contribution in [0.1, 0.15) is 42.2 Å². The third kappa shape index (κ3) is 3.00. The second kappa shape index (κ2) is 6.17. The van der Waals surface area contributed by atoms with Crippen LogP contribution in [0.25, 0.3) is 0 Å². The smallest absolute Gasteiger partial charge is 0.115 e. The molecule has 1 aromatic heterocycles. The number of rotatable bonds is 6. The number of carboxylic acids is 1. The normalized spacial score (nSPS) is 12.4. The van der Waals surface area contributed by atoms with E-state index in [9.17, 15) is 9.90 Å². The zero-order valence-electron chi connectivity index (χ0n) is 9.47. The van der Waals surface area contributed by atoms with E-state index >= 15 is 0 Å². The molecule has 1 heterocycles. The van der Waals surface area contributed by atoms with E-state index in [1.807, 2.05) is 13.8 Å². The number of hydrogen-bond donors (Lipinski definition) is 0. The lowest BCUT2D eigenvalue weighted by Crippen LogP contribution is -2.26. The molecule has 16 heavy (non-hydrogen) atoms. The second-order valence-electron chi connectivity index (χ2n) is 3.37. The van der Waals surface area contributed by atoms with Crippen LogP contribution in [0.5, 0.6) is 0 Å². The van der Waals surface area contributed by atoms with Gasteiger partial charge in [0.25, 0.3) is 0 Å². The second-order valence-corrected chi connectivity index (χ2v) is 3.37. The number of hydrogen-bond acceptors (Lipinski definition) is 5. The van der Waals surface area contributed by atoms with Gasteiger partial charge in [-0.3, -0.25) is 0 Å². The van der Waals surface area contributed by atoms with Gasteiger partial charge in [-0.15, -0.1) is 0 Å². The topological polar surface area (TPSA) is 75.1 Å². The lowest BCUT2D eigenvalue weighted by molar-refractivity contribution is -0.255. The molecule has 0 aliphatic heterocycles. The minimum absolute atomic E-state index is 0.0316. The SMILES string of the molecule is CCOCC(CC)c1ncncc1C(=O)[O-]. The third-order valence-corrected chi connectivity index (χ3v) is 2.37. The van der Waals surface area contributed by atoms with Crippen molar-refractivity contribution in [3.63, 3.8) is 0 Å². The fourth-order valence-corrected chi connectivity index (χ4v) is 1.47. The number of carbonyl (C=O) groups is 1. The van der Waals surface area contributed by atoms with Gasteiger partial charge in [0.05, 0.1) is 18.3 Å². The first-order valence-corrected chi connectivity index (χ1v) is 5.29. The minimum atomic E-state index is -1.24. The van der Waals surface area contributed by atoms with Gasteiger partial charge in [-0.05, 0) is 13.3 Å². The van der Waals surface area contributed by atoms with E-state index in [0.29, 0.717) is 18.9 Å². The maximum atomic E-state index is 10.9. The average molecular weight is 223 g/mol.